The first kappa shape index (κ1) is 9.98. The van der Waals surface area contributed by atoms with E-state index in [0.29, 0.717) is 5.69 Å². The summed E-state index contributed by atoms with van der Waals surface area (Å²) in [7, 11) is 0. The third-order valence-electron chi connectivity index (χ3n) is 1.79. The van der Waals surface area contributed by atoms with Crippen molar-refractivity contribution in [2.45, 2.75) is 25.8 Å². The number of hydrogen-bond donors (Lipinski definition) is 1. The molecule has 0 fully saturated rings. The van der Waals surface area contributed by atoms with Crippen LogP contribution in [0.4, 0.5) is 8.78 Å². The van der Waals surface area contributed by atoms with Crippen molar-refractivity contribution < 1.29 is 8.78 Å². The molecule has 0 saturated carbocycles. The van der Waals surface area contributed by atoms with Crippen LogP contribution >= 0.6 is 0 Å². The molecule has 0 bridgehead atoms. The molecule has 0 aliphatic rings. The molecule has 0 aliphatic heterocycles. The van der Waals surface area contributed by atoms with Gasteiger partial charge in [0.15, 0.2) is 0 Å². The van der Waals surface area contributed by atoms with Crippen LogP contribution in [0.5, 0.6) is 0 Å². The summed E-state index contributed by atoms with van der Waals surface area (Å²) in [5.74, 6) is 0. The molecule has 5 heteroatoms. The van der Waals surface area contributed by atoms with Gasteiger partial charge in [0.1, 0.15) is 5.54 Å². The van der Waals surface area contributed by atoms with E-state index < -0.39 is 12.0 Å². The van der Waals surface area contributed by atoms with Crippen LogP contribution in [0.2, 0.25) is 0 Å². The lowest BCUT2D eigenvalue weighted by Gasteiger charge is -2.22. The van der Waals surface area contributed by atoms with Gasteiger partial charge in [-0.2, -0.15) is 0 Å². The first-order chi connectivity index (χ1) is 5.94. The molecule has 0 radical (unpaired) electrons. The Labute approximate surface area is 75.0 Å². The van der Waals surface area contributed by atoms with Gasteiger partial charge in [0.25, 0.3) is 6.43 Å². The zero-order chi connectivity index (χ0) is 10.1. The van der Waals surface area contributed by atoms with Crippen molar-refractivity contribution in [3.8, 4) is 0 Å². The van der Waals surface area contributed by atoms with Crippen LogP contribution in [0.25, 0.3) is 0 Å². The minimum atomic E-state index is -2.65. The second-order valence-electron chi connectivity index (χ2n) is 3.13. The van der Waals surface area contributed by atoms with Crippen LogP contribution in [0, 0.1) is 6.92 Å². The van der Waals surface area contributed by atoms with Gasteiger partial charge in [-0.1, -0.05) is 0 Å². The number of aromatic nitrogens is 2. The van der Waals surface area contributed by atoms with Gasteiger partial charge in [0, 0.05) is 6.20 Å². The molecule has 13 heavy (non-hydrogen) atoms. The lowest BCUT2D eigenvalue weighted by atomic mass is 10.0. The molecule has 0 amide bonds. The van der Waals surface area contributed by atoms with Crippen molar-refractivity contribution in [1.29, 1.82) is 0 Å². The van der Waals surface area contributed by atoms with Crippen LogP contribution in [0.1, 0.15) is 18.3 Å². The summed E-state index contributed by atoms with van der Waals surface area (Å²) in [6.07, 6.45) is 0.0501. The highest BCUT2D eigenvalue weighted by atomic mass is 19.3. The Morgan fingerprint density at radius 1 is 1.38 bits per heavy atom. The minimum Gasteiger partial charge on any atom is -0.316 e. The van der Waals surface area contributed by atoms with E-state index in [1.807, 2.05) is 0 Å². The van der Waals surface area contributed by atoms with E-state index in [4.69, 9.17) is 5.73 Å². The van der Waals surface area contributed by atoms with Gasteiger partial charge in [-0.15, -0.1) is 0 Å². The maximum absolute atomic E-state index is 12.4. The van der Waals surface area contributed by atoms with Crippen LogP contribution in [0.3, 0.4) is 0 Å². The van der Waals surface area contributed by atoms with E-state index in [-0.39, 0.29) is 5.69 Å². The molecular formula is C8H11F2N3. The Hall–Kier alpha value is -1.10. The molecule has 1 aromatic heterocycles. The average molecular weight is 187 g/mol. The molecule has 1 rings (SSSR count). The molecule has 0 saturated heterocycles. The molecule has 2 N–H and O–H groups in total. The van der Waals surface area contributed by atoms with Crippen molar-refractivity contribution in [2.24, 2.45) is 5.73 Å². The van der Waals surface area contributed by atoms with E-state index in [1.165, 1.54) is 19.3 Å². The molecule has 0 aliphatic carbocycles. The summed E-state index contributed by atoms with van der Waals surface area (Å²) in [6, 6.07) is 0. The second-order valence-corrected chi connectivity index (χ2v) is 3.13. The molecule has 0 aromatic carbocycles. The highest BCUT2D eigenvalue weighted by Gasteiger charge is 2.33. The van der Waals surface area contributed by atoms with E-state index in [1.54, 1.807) is 6.92 Å². The van der Waals surface area contributed by atoms with Crippen LogP contribution in [0.15, 0.2) is 12.4 Å². The minimum absolute atomic E-state index is 0.105. The van der Waals surface area contributed by atoms with E-state index in [9.17, 15) is 8.78 Å². The topological polar surface area (TPSA) is 51.8 Å². The fourth-order valence-electron chi connectivity index (χ4n) is 0.783. The standard InChI is InChI=1S/C8H11F2N3/c1-5-3-13-6(4-12-5)8(2,11)7(9)10/h3-4,7H,11H2,1-2H3. The van der Waals surface area contributed by atoms with Gasteiger partial charge in [0.05, 0.1) is 17.6 Å². The summed E-state index contributed by atoms with van der Waals surface area (Å²) >= 11 is 0. The van der Waals surface area contributed by atoms with E-state index in [0.717, 1.165) is 0 Å². The summed E-state index contributed by atoms with van der Waals surface area (Å²) < 4.78 is 24.8. The van der Waals surface area contributed by atoms with Gasteiger partial charge in [-0.05, 0) is 13.8 Å². The number of halogens is 2. The monoisotopic (exact) mass is 187 g/mol. The zero-order valence-corrected chi connectivity index (χ0v) is 7.46. The van der Waals surface area contributed by atoms with Crippen molar-refractivity contribution in [3.63, 3.8) is 0 Å². The summed E-state index contributed by atoms with van der Waals surface area (Å²) in [5, 5.41) is 0. The molecule has 1 unspecified atom stereocenters. The fourth-order valence-corrected chi connectivity index (χ4v) is 0.783. The van der Waals surface area contributed by atoms with Gasteiger partial charge < -0.3 is 5.73 Å². The Morgan fingerprint density at radius 2 is 2.00 bits per heavy atom. The summed E-state index contributed by atoms with van der Waals surface area (Å²) in [5.41, 5.74) is 4.44. The summed E-state index contributed by atoms with van der Waals surface area (Å²) in [6.45, 7) is 2.96. The Morgan fingerprint density at radius 3 is 2.38 bits per heavy atom. The zero-order valence-electron chi connectivity index (χ0n) is 7.46. The SMILES string of the molecule is Cc1cnc(C(C)(N)C(F)F)cn1. The molecule has 3 nitrogen and oxygen atoms in total. The lowest BCUT2D eigenvalue weighted by molar-refractivity contribution is 0.0599. The number of rotatable bonds is 2. The first-order valence-electron chi connectivity index (χ1n) is 3.80. The van der Waals surface area contributed by atoms with E-state index >= 15 is 0 Å². The second kappa shape index (κ2) is 3.33. The molecular weight excluding hydrogens is 176 g/mol. The molecule has 1 aromatic rings. The summed E-state index contributed by atoms with van der Waals surface area (Å²) in [4.78, 5) is 7.66. The molecule has 1 atom stereocenters. The van der Waals surface area contributed by atoms with Crippen molar-refractivity contribution in [1.82, 2.24) is 9.97 Å². The highest BCUT2D eigenvalue weighted by molar-refractivity contribution is 5.12. The smallest absolute Gasteiger partial charge is 0.261 e. The molecule has 0 spiro atoms. The van der Waals surface area contributed by atoms with Gasteiger partial charge in [-0.25, -0.2) is 8.78 Å². The fraction of sp³-hybridized carbons (Fsp3) is 0.500. The number of nitrogens with zero attached hydrogens (tertiary/aromatic N) is 2. The van der Waals surface area contributed by atoms with Crippen LogP contribution in [-0.4, -0.2) is 16.4 Å². The average Bonchev–Trinajstić information content (AvgIpc) is 2.04. The largest absolute Gasteiger partial charge is 0.316 e. The van der Waals surface area contributed by atoms with Crippen LogP contribution < -0.4 is 5.73 Å². The Bertz CT molecular complexity index is 282. The Balaban J connectivity index is 3.01. The quantitative estimate of drug-likeness (QED) is 0.757. The molecule has 72 valence electrons. The lowest BCUT2D eigenvalue weighted by Crippen LogP contribution is -2.41. The predicted molar refractivity (Wildman–Crippen MR) is 44.3 cm³/mol. The number of aryl methyl sites for hydroxylation is 1. The van der Waals surface area contributed by atoms with Crippen molar-refractivity contribution in [3.05, 3.63) is 23.8 Å². The Kier molecular flexibility index (Phi) is 2.56. The van der Waals surface area contributed by atoms with Crippen molar-refractivity contribution >= 4 is 0 Å². The molecule has 1 heterocycles. The van der Waals surface area contributed by atoms with E-state index in [2.05, 4.69) is 9.97 Å². The number of alkyl halides is 2. The predicted octanol–water partition coefficient (Wildman–Crippen LogP) is 1.22. The highest BCUT2D eigenvalue weighted by Crippen LogP contribution is 2.22. The third kappa shape index (κ3) is 1.98. The maximum atomic E-state index is 12.4. The van der Waals surface area contributed by atoms with Crippen LogP contribution in [-0.2, 0) is 5.54 Å². The van der Waals surface area contributed by atoms with Gasteiger partial charge in [0.2, 0.25) is 0 Å². The number of hydrogen-bond acceptors (Lipinski definition) is 3. The number of nitrogens with two attached hydrogens (primary N) is 1. The third-order valence-corrected chi connectivity index (χ3v) is 1.79. The van der Waals surface area contributed by atoms with Gasteiger partial charge >= 0.3 is 0 Å². The van der Waals surface area contributed by atoms with Gasteiger partial charge in [-0.3, -0.25) is 9.97 Å². The first-order valence-corrected chi connectivity index (χ1v) is 3.80. The normalized spacial score (nSPS) is 15.8. The van der Waals surface area contributed by atoms with Crippen molar-refractivity contribution in [2.75, 3.05) is 0 Å². The maximum Gasteiger partial charge on any atom is 0.261 e.